The standard InChI is InChI=1S/C9H11NS/c1-10-6-8-4-2-3-5-9(8)7-11/h2-5,7,10H,6H2,1H3. The van der Waals surface area contributed by atoms with Crippen molar-refractivity contribution in [1.29, 1.82) is 0 Å². The Balaban J connectivity index is 2.92. The van der Waals surface area contributed by atoms with Crippen LogP contribution >= 0.6 is 12.2 Å². The van der Waals surface area contributed by atoms with Crippen LogP contribution in [0.2, 0.25) is 0 Å². The normalized spacial score (nSPS) is 9.55. The molecular weight excluding hydrogens is 154 g/mol. The van der Waals surface area contributed by atoms with Gasteiger partial charge in [0.15, 0.2) is 0 Å². The van der Waals surface area contributed by atoms with E-state index in [-0.39, 0.29) is 0 Å². The van der Waals surface area contributed by atoms with Gasteiger partial charge >= 0.3 is 0 Å². The zero-order chi connectivity index (χ0) is 8.10. The van der Waals surface area contributed by atoms with E-state index >= 15 is 0 Å². The maximum atomic E-state index is 4.87. The van der Waals surface area contributed by atoms with E-state index in [1.807, 2.05) is 25.2 Å². The van der Waals surface area contributed by atoms with Crippen molar-refractivity contribution in [1.82, 2.24) is 5.32 Å². The molecule has 1 nitrogen and oxygen atoms in total. The van der Waals surface area contributed by atoms with Gasteiger partial charge in [0.1, 0.15) is 0 Å². The molecule has 1 N–H and O–H groups in total. The summed E-state index contributed by atoms with van der Waals surface area (Å²) in [5.74, 6) is 0. The van der Waals surface area contributed by atoms with E-state index in [4.69, 9.17) is 12.2 Å². The fourth-order valence-corrected chi connectivity index (χ4v) is 1.23. The molecule has 0 spiro atoms. The van der Waals surface area contributed by atoms with E-state index in [1.54, 1.807) is 5.37 Å². The summed E-state index contributed by atoms with van der Waals surface area (Å²) in [5, 5.41) is 4.81. The van der Waals surface area contributed by atoms with Crippen LogP contribution < -0.4 is 5.32 Å². The van der Waals surface area contributed by atoms with Crippen LogP contribution in [0.4, 0.5) is 0 Å². The number of nitrogens with one attached hydrogen (secondary N) is 1. The van der Waals surface area contributed by atoms with E-state index in [0.717, 1.165) is 12.1 Å². The van der Waals surface area contributed by atoms with E-state index in [1.165, 1.54) is 5.56 Å². The van der Waals surface area contributed by atoms with Crippen molar-refractivity contribution in [2.45, 2.75) is 6.54 Å². The predicted molar refractivity (Wildman–Crippen MR) is 52.0 cm³/mol. The minimum absolute atomic E-state index is 0.878. The van der Waals surface area contributed by atoms with Crippen molar-refractivity contribution in [2.75, 3.05) is 7.05 Å². The molecule has 0 aliphatic carbocycles. The fourth-order valence-electron chi connectivity index (χ4n) is 1.00. The summed E-state index contributed by atoms with van der Waals surface area (Å²) in [6, 6.07) is 8.13. The molecule has 0 aliphatic rings. The van der Waals surface area contributed by atoms with Crippen LogP contribution in [0.1, 0.15) is 11.1 Å². The molecule has 58 valence electrons. The van der Waals surface area contributed by atoms with E-state index in [0.29, 0.717) is 0 Å². The summed E-state index contributed by atoms with van der Waals surface area (Å²) in [6.45, 7) is 0.878. The summed E-state index contributed by atoms with van der Waals surface area (Å²) < 4.78 is 0. The molecule has 0 radical (unpaired) electrons. The third kappa shape index (κ3) is 2.10. The third-order valence-electron chi connectivity index (χ3n) is 1.55. The Kier molecular flexibility index (Phi) is 3.20. The SMILES string of the molecule is CNCc1ccccc1C=S. The lowest BCUT2D eigenvalue weighted by atomic mass is 10.1. The first kappa shape index (κ1) is 8.37. The Morgan fingerprint density at radius 2 is 2.18 bits per heavy atom. The second kappa shape index (κ2) is 4.21. The monoisotopic (exact) mass is 165 g/mol. The van der Waals surface area contributed by atoms with E-state index in [2.05, 4.69) is 11.4 Å². The molecule has 0 aliphatic heterocycles. The molecule has 2 heteroatoms. The molecule has 0 bridgehead atoms. The molecule has 0 fully saturated rings. The lowest BCUT2D eigenvalue weighted by molar-refractivity contribution is 0.817. The molecule has 0 heterocycles. The summed E-state index contributed by atoms with van der Waals surface area (Å²) in [4.78, 5) is 0. The first-order valence-electron chi connectivity index (χ1n) is 3.56. The van der Waals surface area contributed by atoms with Crippen LogP contribution in [0.15, 0.2) is 24.3 Å². The van der Waals surface area contributed by atoms with Crippen LogP contribution in [0.3, 0.4) is 0 Å². The molecule has 0 aromatic heterocycles. The predicted octanol–water partition coefficient (Wildman–Crippen LogP) is 1.75. The first-order valence-corrected chi connectivity index (χ1v) is 4.03. The topological polar surface area (TPSA) is 12.0 Å². The first-order chi connectivity index (χ1) is 5.38. The highest BCUT2D eigenvalue weighted by atomic mass is 32.1. The maximum Gasteiger partial charge on any atom is 0.0208 e. The van der Waals surface area contributed by atoms with Crippen molar-refractivity contribution in [3.05, 3.63) is 35.4 Å². The molecule has 1 aromatic rings. The number of hydrogen-bond donors (Lipinski definition) is 1. The Bertz CT molecular complexity index is 245. The van der Waals surface area contributed by atoms with Crippen LogP contribution in [0.5, 0.6) is 0 Å². The highest BCUT2D eigenvalue weighted by Crippen LogP contribution is 2.05. The van der Waals surface area contributed by atoms with Gasteiger partial charge in [0, 0.05) is 11.9 Å². The second-order valence-electron chi connectivity index (χ2n) is 2.35. The van der Waals surface area contributed by atoms with E-state index in [9.17, 15) is 0 Å². The Morgan fingerprint density at radius 1 is 1.45 bits per heavy atom. The highest BCUT2D eigenvalue weighted by Gasteiger charge is 1.94. The summed E-state index contributed by atoms with van der Waals surface area (Å²) in [7, 11) is 1.93. The van der Waals surface area contributed by atoms with Gasteiger partial charge in [0.25, 0.3) is 0 Å². The van der Waals surface area contributed by atoms with Gasteiger partial charge in [-0.25, -0.2) is 0 Å². The average Bonchev–Trinajstić information content (AvgIpc) is 2.06. The van der Waals surface area contributed by atoms with Crippen molar-refractivity contribution in [2.24, 2.45) is 0 Å². The molecule has 0 amide bonds. The van der Waals surface area contributed by atoms with Crippen LogP contribution in [-0.2, 0) is 6.54 Å². The summed E-state index contributed by atoms with van der Waals surface area (Å²) in [6.07, 6.45) is 0. The smallest absolute Gasteiger partial charge is 0.0208 e. The average molecular weight is 165 g/mol. The lowest BCUT2D eigenvalue weighted by Gasteiger charge is -2.02. The van der Waals surface area contributed by atoms with Gasteiger partial charge in [0.05, 0.1) is 0 Å². The Labute approximate surface area is 72.4 Å². The van der Waals surface area contributed by atoms with Crippen molar-refractivity contribution in [3.63, 3.8) is 0 Å². The van der Waals surface area contributed by atoms with Crippen LogP contribution in [0.25, 0.3) is 0 Å². The van der Waals surface area contributed by atoms with Crippen LogP contribution in [-0.4, -0.2) is 12.4 Å². The highest BCUT2D eigenvalue weighted by molar-refractivity contribution is 7.79. The number of rotatable bonds is 3. The number of hydrogen-bond acceptors (Lipinski definition) is 2. The Morgan fingerprint density at radius 3 is 2.82 bits per heavy atom. The third-order valence-corrected chi connectivity index (χ3v) is 1.80. The van der Waals surface area contributed by atoms with E-state index < -0.39 is 0 Å². The molecule has 0 saturated carbocycles. The number of thiocarbonyl (C=S) groups is 1. The molecule has 1 aromatic carbocycles. The van der Waals surface area contributed by atoms with Gasteiger partial charge in [-0.05, 0) is 18.2 Å². The molecule has 11 heavy (non-hydrogen) atoms. The molecule has 0 atom stereocenters. The lowest BCUT2D eigenvalue weighted by Crippen LogP contribution is -2.06. The molecule has 0 unspecified atom stereocenters. The van der Waals surface area contributed by atoms with Crippen molar-refractivity contribution >= 4 is 17.6 Å². The summed E-state index contributed by atoms with van der Waals surface area (Å²) in [5.41, 5.74) is 2.39. The van der Waals surface area contributed by atoms with Gasteiger partial charge in [-0.3, -0.25) is 0 Å². The summed E-state index contributed by atoms with van der Waals surface area (Å²) >= 11 is 4.87. The maximum absolute atomic E-state index is 4.87. The molecule has 0 saturated heterocycles. The van der Waals surface area contributed by atoms with Gasteiger partial charge in [-0.2, -0.15) is 0 Å². The minimum atomic E-state index is 0.878. The molecular formula is C9H11NS. The van der Waals surface area contributed by atoms with Gasteiger partial charge < -0.3 is 5.32 Å². The van der Waals surface area contributed by atoms with Gasteiger partial charge in [0.2, 0.25) is 0 Å². The zero-order valence-corrected chi connectivity index (χ0v) is 7.32. The van der Waals surface area contributed by atoms with Crippen molar-refractivity contribution < 1.29 is 0 Å². The zero-order valence-electron chi connectivity index (χ0n) is 6.50. The van der Waals surface area contributed by atoms with Gasteiger partial charge in [-0.15, -0.1) is 0 Å². The number of benzene rings is 1. The van der Waals surface area contributed by atoms with Crippen molar-refractivity contribution in [3.8, 4) is 0 Å². The second-order valence-corrected chi connectivity index (χ2v) is 2.58. The Hall–Kier alpha value is -0.730. The quantitative estimate of drug-likeness (QED) is 0.685. The largest absolute Gasteiger partial charge is 0.316 e. The minimum Gasteiger partial charge on any atom is -0.316 e. The fraction of sp³-hybridized carbons (Fsp3) is 0.222. The molecule has 1 rings (SSSR count). The van der Waals surface area contributed by atoms with Gasteiger partial charge in [-0.1, -0.05) is 36.5 Å². The van der Waals surface area contributed by atoms with Crippen LogP contribution in [0, 0.1) is 0 Å².